The highest BCUT2D eigenvalue weighted by molar-refractivity contribution is 7.90. The number of rotatable bonds is 6. The van der Waals surface area contributed by atoms with E-state index >= 15 is 0 Å². The average Bonchev–Trinajstić information content (AvgIpc) is 3.08. The van der Waals surface area contributed by atoms with Crippen LogP contribution in [0.25, 0.3) is 21.9 Å². The zero-order valence-corrected chi connectivity index (χ0v) is 17.2. The average molecular weight is 424 g/mol. The number of hydrogen-bond acceptors (Lipinski definition) is 6. The molecule has 1 heterocycles. The maximum Gasteiger partial charge on any atom is 0.243 e. The van der Waals surface area contributed by atoms with Crippen LogP contribution in [0.4, 0.5) is 11.4 Å². The number of methoxy groups -OCH3 is 1. The van der Waals surface area contributed by atoms with E-state index in [4.69, 9.17) is 9.15 Å². The van der Waals surface area contributed by atoms with Crippen molar-refractivity contribution in [3.05, 3.63) is 60.7 Å². The van der Waals surface area contributed by atoms with E-state index in [-0.39, 0.29) is 17.1 Å². The molecule has 154 valence electrons. The fourth-order valence-corrected chi connectivity index (χ4v) is 4.17. The maximum atomic E-state index is 12.4. The van der Waals surface area contributed by atoms with E-state index in [2.05, 4.69) is 10.6 Å². The van der Waals surface area contributed by atoms with Crippen molar-refractivity contribution in [1.29, 1.82) is 0 Å². The Hall–Kier alpha value is -3.52. The van der Waals surface area contributed by atoms with Gasteiger partial charge in [0.2, 0.25) is 5.91 Å². The lowest BCUT2D eigenvalue weighted by Crippen LogP contribution is -2.23. The predicted molar refractivity (Wildman–Crippen MR) is 117 cm³/mol. The molecule has 8 heteroatoms. The topological polar surface area (TPSA) is 97.6 Å². The first-order valence-electron chi connectivity index (χ1n) is 9.19. The van der Waals surface area contributed by atoms with Crippen molar-refractivity contribution in [3.63, 3.8) is 0 Å². The molecule has 7 nitrogen and oxygen atoms in total. The number of sulfone groups is 1. The molecule has 0 aliphatic carbocycles. The molecule has 0 radical (unpaired) electrons. The van der Waals surface area contributed by atoms with E-state index < -0.39 is 15.7 Å². The fourth-order valence-electron chi connectivity index (χ4n) is 3.32. The molecule has 0 unspecified atom stereocenters. The first-order chi connectivity index (χ1) is 14.4. The van der Waals surface area contributed by atoms with E-state index in [1.807, 2.05) is 30.3 Å². The van der Waals surface area contributed by atoms with Gasteiger partial charge in [-0.15, -0.1) is 0 Å². The van der Waals surface area contributed by atoms with E-state index in [1.54, 1.807) is 31.4 Å². The molecule has 0 aliphatic rings. The van der Waals surface area contributed by atoms with Gasteiger partial charge < -0.3 is 19.8 Å². The number of fused-ring (bicyclic) bond motifs is 3. The Morgan fingerprint density at radius 2 is 1.70 bits per heavy atom. The van der Waals surface area contributed by atoms with Gasteiger partial charge in [0.25, 0.3) is 0 Å². The van der Waals surface area contributed by atoms with Gasteiger partial charge in [0.05, 0.1) is 29.9 Å². The molecule has 0 bridgehead atoms. The lowest BCUT2D eigenvalue weighted by Gasteiger charge is -2.13. The summed E-state index contributed by atoms with van der Waals surface area (Å²) in [6.07, 6.45) is 1.10. The molecular weight excluding hydrogens is 404 g/mol. The Kier molecular flexibility index (Phi) is 5.09. The molecule has 0 atom stereocenters. The van der Waals surface area contributed by atoms with Gasteiger partial charge in [-0.3, -0.25) is 4.79 Å². The van der Waals surface area contributed by atoms with Crippen LogP contribution >= 0.6 is 0 Å². The third-order valence-electron chi connectivity index (χ3n) is 4.70. The van der Waals surface area contributed by atoms with Gasteiger partial charge >= 0.3 is 0 Å². The minimum absolute atomic E-state index is 0.0691. The summed E-state index contributed by atoms with van der Waals surface area (Å²) in [5.74, 6) is 0.177. The molecule has 1 aromatic heterocycles. The largest absolute Gasteiger partial charge is 0.495 e. The third-order valence-corrected chi connectivity index (χ3v) is 5.85. The summed E-state index contributed by atoms with van der Waals surface area (Å²) in [5.41, 5.74) is 2.27. The Labute approximate surface area is 173 Å². The summed E-state index contributed by atoms with van der Waals surface area (Å²) >= 11 is 0. The van der Waals surface area contributed by atoms with Gasteiger partial charge in [-0.25, -0.2) is 8.42 Å². The lowest BCUT2D eigenvalue weighted by molar-refractivity contribution is -0.114. The molecule has 1 amide bonds. The van der Waals surface area contributed by atoms with E-state index in [1.165, 1.54) is 6.07 Å². The molecule has 4 rings (SSSR count). The first-order valence-corrected chi connectivity index (χ1v) is 11.1. The van der Waals surface area contributed by atoms with Crippen LogP contribution in [0.2, 0.25) is 0 Å². The summed E-state index contributed by atoms with van der Waals surface area (Å²) < 4.78 is 35.2. The van der Waals surface area contributed by atoms with Crippen LogP contribution in [0.5, 0.6) is 5.75 Å². The highest BCUT2D eigenvalue weighted by Gasteiger charge is 2.16. The molecule has 2 N–H and O–H groups in total. The summed E-state index contributed by atoms with van der Waals surface area (Å²) in [6.45, 7) is -0.0831. The number of anilines is 2. The molecule has 0 aliphatic heterocycles. The van der Waals surface area contributed by atoms with Gasteiger partial charge in [0.1, 0.15) is 16.9 Å². The van der Waals surface area contributed by atoms with Crippen molar-refractivity contribution in [2.45, 2.75) is 4.90 Å². The van der Waals surface area contributed by atoms with Crippen molar-refractivity contribution in [2.24, 2.45) is 0 Å². The monoisotopic (exact) mass is 424 g/mol. The van der Waals surface area contributed by atoms with Gasteiger partial charge in [-0.1, -0.05) is 30.3 Å². The Morgan fingerprint density at radius 1 is 0.967 bits per heavy atom. The lowest BCUT2D eigenvalue weighted by atomic mass is 10.1. The van der Waals surface area contributed by atoms with Crippen LogP contribution in [-0.2, 0) is 14.6 Å². The van der Waals surface area contributed by atoms with E-state index in [0.717, 1.165) is 22.6 Å². The quantitative estimate of drug-likeness (QED) is 0.485. The molecule has 30 heavy (non-hydrogen) atoms. The number of ether oxygens (including phenoxy) is 1. The number of nitrogens with one attached hydrogen (secondary N) is 2. The van der Waals surface area contributed by atoms with Crippen LogP contribution in [0, 0.1) is 0 Å². The number of para-hydroxylation sites is 2. The van der Waals surface area contributed by atoms with E-state index in [0.29, 0.717) is 17.0 Å². The molecule has 0 fully saturated rings. The number of hydrogen-bond donors (Lipinski definition) is 2. The standard InChI is InChI=1S/C22H20N2O5S/c1-28-20-11-15-14-7-3-5-9-18(14)29-19(15)12-17(20)23-13-22(25)24-16-8-4-6-10-21(16)30(2,26)27/h3-12,23H,13H2,1-2H3,(H,24,25). The van der Waals surface area contributed by atoms with Crippen LogP contribution in [0.3, 0.4) is 0 Å². The van der Waals surface area contributed by atoms with Gasteiger partial charge in [-0.2, -0.15) is 0 Å². The van der Waals surface area contributed by atoms with Gasteiger partial charge in [-0.05, 0) is 24.3 Å². The zero-order valence-electron chi connectivity index (χ0n) is 16.4. The summed E-state index contributed by atoms with van der Waals surface area (Å²) in [7, 11) is -1.91. The van der Waals surface area contributed by atoms with Gasteiger partial charge in [0.15, 0.2) is 9.84 Å². The summed E-state index contributed by atoms with van der Waals surface area (Å²) in [6, 6.07) is 17.6. The van der Waals surface area contributed by atoms with Crippen LogP contribution in [0.1, 0.15) is 0 Å². The normalized spacial score (nSPS) is 11.5. The fraction of sp³-hybridized carbons (Fsp3) is 0.136. The van der Waals surface area contributed by atoms with Crippen molar-refractivity contribution in [3.8, 4) is 5.75 Å². The molecule has 4 aromatic rings. The van der Waals surface area contributed by atoms with Crippen molar-refractivity contribution in [1.82, 2.24) is 0 Å². The minimum Gasteiger partial charge on any atom is -0.495 e. The maximum absolute atomic E-state index is 12.4. The SMILES string of the molecule is COc1cc2c(cc1NCC(=O)Nc1ccccc1S(C)(=O)=O)oc1ccccc12. The number of furan rings is 1. The highest BCUT2D eigenvalue weighted by Crippen LogP contribution is 2.36. The second kappa shape index (κ2) is 7.72. The minimum atomic E-state index is -3.46. The summed E-state index contributed by atoms with van der Waals surface area (Å²) in [4.78, 5) is 12.5. The molecule has 0 spiro atoms. The van der Waals surface area contributed by atoms with E-state index in [9.17, 15) is 13.2 Å². The van der Waals surface area contributed by atoms with Crippen molar-refractivity contribution in [2.75, 3.05) is 30.5 Å². The second-order valence-corrected chi connectivity index (χ2v) is 8.80. The number of carbonyl (C=O) groups excluding carboxylic acids is 1. The van der Waals surface area contributed by atoms with Crippen molar-refractivity contribution < 1.29 is 22.4 Å². The predicted octanol–water partition coefficient (Wildman–Crippen LogP) is 4.05. The Balaban J connectivity index is 1.56. The first kappa shape index (κ1) is 19.8. The number of carbonyl (C=O) groups is 1. The van der Waals surface area contributed by atoms with Crippen LogP contribution in [-0.4, -0.2) is 34.2 Å². The zero-order chi connectivity index (χ0) is 21.3. The van der Waals surface area contributed by atoms with Crippen LogP contribution in [0.15, 0.2) is 70.0 Å². The van der Waals surface area contributed by atoms with Gasteiger partial charge in [0, 0.05) is 23.1 Å². The Morgan fingerprint density at radius 3 is 2.47 bits per heavy atom. The van der Waals surface area contributed by atoms with Crippen molar-refractivity contribution >= 4 is 49.1 Å². The van der Waals surface area contributed by atoms with Crippen LogP contribution < -0.4 is 15.4 Å². The Bertz CT molecular complexity index is 1360. The molecule has 0 saturated heterocycles. The molecular formula is C22H20N2O5S. The number of benzene rings is 3. The third kappa shape index (κ3) is 3.81. The summed E-state index contributed by atoms with van der Waals surface area (Å²) in [5, 5.41) is 7.57. The second-order valence-electron chi connectivity index (χ2n) is 6.82. The number of amides is 1. The highest BCUT2D eigenvalue weighted by atomic mass is 32.2. The smallest absolute Gasteiger partial charge is 0.243 e. The molecule has 0 saturated carbocycles. The molecule has 3 aromatic carbocycles.